The van der Waals surface area contributed by atoms with Crippen molar-refractivity contribution in [2.45, 2.75) is 18.9 Å². The van der Waals surface area contributed by atoms with Crippen LogP contribution in [-0.2, 0) is 4.74 Å². The molecule has 4 rings (SSSR count). The summed E-state index contributed by atoms with van der Waals surface area (Å²) < 4.78 is 20.2. The largest absolute Gasteiger partial charge is 0.383 e. The first-order chi connectivity index (χ1) is 12.7. The fraction of sp³-hybridized carbons (Fsp3) is 0.300. The number of imidazole rings is 1. The van der Waals surface area contributed by atoms with Crippen molar-refractivity contribution in [1.29, 1.82) is 0 Å². The molecule has 0 radical (unpaired) electrons. The van der Waals surface area contributed by atoms with Crippen LogP contribution in [0.3, 0.4) is 0 Å². The smallest absolute Gasteiger partial charge is 0.255 e. The Labute approximate surface area is 151 Å². The number of nitrogens with zero attached hydrogens (tertiary/aromatic N) is 3. The molecule has 0 N–H and O–H groups in total. The Kier molecular flexibility index (Phi) is 4.42. The zero-order valence-electron chi connectivity index (χ0n) is 14.6. The van der Waals surface area contributed by atoms with Gasteiger partial charge in [0.1, 0.15) is 11.5 Å². The molecular weight excluding hydrogens is 333 g/mol. The van der Waals surface area contributed by atoms with Crippen LogP contribution in [0.15, 0.2) is 48.8 Å². The molecule has 0 aliphatic carbocycles. The van der Waals surface area contributed by atoms with E-state index in [4.69, 9.17) is 4.74 Å². The van der Waals surface area contributed by atoms with Crippen molar-refractivity contribution < 1.29 is 13.9 Å². The van der Waals surface area contributed by atoms with Crippen molar-refractivity contribution >= 4 is 11.6 Å². The van der Waals surface area contributed by atoms with Gasteiger partial charge in [-0.15, -0.1) is 0 Å². The maximum absolute atomic E-state index is 13.1. The number of hydrogen-bond acceptors (Lipinski definition) is 3. The van der Waals surface area contributed by atoms with Crippen molar-refractivity contribution in [3.05, 3.63) is 60.2 Å². The minimum absolute atomic E-state index is 0.0171. The van der Waals surface area contributed by atoms with Gasteiger partial charge in [0, 0.05) is 31.6 Å². The Morgan fingerprint density at radius 1 is 1.23 bits per heavy atom. The fourth-order valence-electron chi connectivity index (χ4n) is 3.51. The first-order valence-corrected chi connectivity index (χ1v) is 8.70. The normalized spacial score (nSPS) is 17.2. The number of carbonyl (C=O) groups is 1. The molecule has 0 unspecified atom stereocenters. The minimum atomic E-state index is -0.276. The van der Waals surface area contributed by atoms with Crippen molar-refractivity contribution in [3.8, 4) is 11.3 Å². The van der Waals surface area contributed by atoms with Crippen molar-refractivity contribution in [2.75, 3.05) is 20.3 Å². The van der Waals surface area contributed by atoms with Gasteiger partial charge in [-0.1, -0.05) is 0 Å². The minimum Gasteiger partial charge on any atom is -0.383 e. The third-order valence-corrected chi connectivity index (χ3v) is 4.84. The molecular formula is C20H20FN3O2. The number of methoxy groups -OCH3 is 1. The van der Waals surface area contributed by atoms with Crippen LogP contribution in [0.4, 0.5) is 4.39 Å². The molecule has 0 spiro atoms. The van der Waals surface area contributed by atoms with Gasteiger partial charge in [-0.3, -0.25) is 4.79 Å². The maximum Gasteiger partial charge on any atom is 0.255 e. The number of aromatic nitrogens is 2. The summed E-state index contributed by atoms with van der Waals surface area (Å²) in [5, 5.41) is 0. The lowest BCUT2D eigenvalue weighted by molar-refractivity contribution is 0.0630. The number of ether oxygens (including phenoxy) is 1. The second kappa shape index (κ2) is 6.88. The molecule has 1 amide bonds. The summed E-state index contributed by atoms with van der Waals surface area (Å²) in [5.74, 6) is -0.259. The Bertz CT molecular complexity index is 936. The molecule has 26 heavy (non-hydrogen) atoms. The highest BCUT2D eigenvalue weighted by atomic mass is 19.1. The van der Waals surface area contributed by atoms with Crippen LogP contribution in [0, 0.1) is 5.82 Å². The van der Waals surface area contributed by atoms with Gasteiger partial charge in [0.05, 0.1) is 23.9 Å². The molecule has 5 nitrogen and oxygen atoms in total. The summed E-state index contributed by atoms with van der Waals surface area (Å²) in [6.45, 7) is 1.32. The highest BCUT2D eigenvalue weighted by Gasteiger charge is 2.29. The molecule has 2 aromatic heterocycles. The van der Waals surface area contributed by atoms with E-state index in [-0.39, 0.29) is 17.8 Å². The number of halogens is 1. The van der Waals surface area contributed by atoms with E-state index >= 15 is 0 Å². The van der Waals surface area contributed by atoms with Crippen LogP contribution in [0.5, 0.6) is 0 Å². The van der Waals surface area contributed by atoms with Crippen LogP contribution in [0.1, 0.15) is 23.2 Å². The van der Waals surface area contributed by atoms with E-state index in [1.807, 2.05) is 21.6 Å². The maximum atomic E-state index is 13.1. The molecule has 1 aromatic carbocycles. The van der Waals surface area contributed by atoms with Gasteiger partial charge in [-0.2, -0.15) is 0 Å². The number of amides is 1. The summed E-state index contributed by atoms with van der Waals surface area (Å²) in [6, 6.07) is 10.0. The zero-order chi connectivity index (χ0) is 18.1. The van der Waals surface area contributed by atoms with Crippen LogP contribution >= 0.6 is 0 Å². The Balaban J connectivity index is 1.63. The van der Waals surface area contributed by atoms with Crippen molar-refractivity contribution in [3.63, 3.8) is 0 Å². The summed E-state index contributed by atoms with van der Waals surface area (Å²) in [6.07, 6.45) is 5.64. The van der Waals surface area contributed by atoms with Crippen molar-refractivity contribution in [2.24, 2.45) is 0 Å². The lowest BCUT2D eigenvalue weighted by Crippen LogP contribution is -2.38. The van der Waals surface area contributed by atoms with E-state index < -0.39 is 0 Å². The standard InChI is InChI=1S/C20H20FN3O2/c1-26-13-17-3-2-10-24(17)20(25)15-6-9-19-22-18(12-23(19)11-15)14-4-7-16(21)8-5-14/h4-9,11-12,17H,2-3,10,13H2,1H3/t17-/m0/s1. The van der Waals surface area contributed by atoms with Crippen molar-refractivity contribution in [1.82, 2.24) is 14.3 Å². The molecule has 3 heterocycles. The SMILES string of the molecule is COC[C@@H]1CCCN1C(=O)c1ccc2nc(-c3ccc(F)cc3)cn2c1. The monoisotopic (exact) mass is 353 g/mol. The van der Waals surface area contributed by atoms with Gasteiger partial charge < -0.3 is 14.0 Å². The molecule has 0 bridgehead atoms. The third-order valence-electron chi connectivity index (χ3n) is 4.84. The number of benzene rings is 1. The fourth-order valence-corrected chi connectivity index (χ4v) is 3.51. The number of carbonyl (C=O) groups excluding carboxylic acids is 1. The van der Waals surface area contributed by atoms with Crippen LogP contribution < -0.4 is 0 Å². The zero-order valence-corrected chi connectivity index (χ0v) is 14.6. The topological polar surface area (TPSA) is 46.8 Å². The van der Waals surface area contributed by atoms with Gasteiger partial charge in [-0.25, -0.2) is 9.37 Å². The quantitative estimate of drug-likeness (QED) is 0.722. The van der Waals surface area contributed by atoms with Crippen LogP contribution in [0.2, 0.25) is 0 Å². The molecule has 1 aliphatic heterocycles. The lowest BCUT2D eigenvalue weighted by Gasteiger charge is -2.24. The van der Waals surface area contributed by atoms with E-state index in [2.05, 4.69) is 4.98 Å². The second-order valence-electron chi connectivity index (χ2n) is 6.57. The summed E-state index contributed by atoms with van der Waals surface area (Å²) in [5.41, 5.74) is 2.95. The third kappa shape index (κ3) is 3.08. The summed E-state index contributed by atoms with van der Waals surface area (Å²) >= 11 is 0. The molecule has 1 atom stereocenters. The number of hydrogen-bond donors (Lipinski definition) is 0. The molecule has 3 aromatic rings. The number of likely N-dealkylation sites (tertiary alicyclic amines) is 1. The van der Waals surface area contributed by atoms with Gasteiger partial charge in [0.25, 0.3) is 5.91 Å². The highest BCUT2D eigenvalue weighted by Crippen LogP contribution is 2.23. The van der Waals surface area contributed by atoms with E-state index in [1.54, 1.807) is 31.5 Å². The molecule has 134 valence electrons. The summed E-state index contributed by atoms with van der Waals surface area (Å²) in [7, 11) is 1.66. The lowest BCUT2D eigenvalue weighted by atomic mass is 10.2. The molecule has 6 heteroatoms. The summed E-state index contributed by atoms with van der Waals surface area (Å²) in [4.78, 5) is 19.3. The predicted molar refractivity (Wildman–Crippen MR) is 96.5 cm³/mol. The number of fused-ring (bicyclic) bond motifs is 1. The van der Waals surface area contributed by atoms with Crippen LogP contribution in [0.25, 0.3) is 16.9 Å². The average molecular weight is 353 g/mol. The number of pyridine rings is 1. The van der Waals surface area contributed by atoms with E-state index in [1.165, 1.54) is 12.1 Å². The van der Waals surface area contributed by atoms with E-state index in [0.717, 1.165) is 36.3 Å². The van der Waals surface area contributed by atoms with Crippen LogP contribution in [-0.4, -0.2) is 46.5 Å². The number of rotatable bonds is 4. The van der Waals surface area contributed by atoms with Gasteiger partial charge >= 0.3 is 0 Å². The highest BCUT2D eigenvalue weighted by molar-refractivity contribution is 5.94. The molecule has 1 saturated heterocycles. The predicted octanol–water partition coefficient (Wildman–Crippen LogP) is 3.39. The molecule has 0 saturated carbocycles. The molecule has 1 fully saturated rings. The Morgan fingerprint density at radius 2 is 2.04 bits per heavy atom. The van der Waals surface area contributed by atoms with Gasteiger partial charge in [0.2, 0.25) is 0 Å². The second-order valence-corrected chi connectivity index (χ2v) is 6.57. The average Bonchev–Trinajstić information content (AvgIpc) is 3.28. The first-order valence-electron chi connectivity index (χ1n) is 8.70. The van der Waals surface area contributed by atoms with Gasteiger partial charge in [0.15, 0.2) is 0 Å². The van der Waals surface area contributed by atoms with E-state index in [0.29, 0.717) is 12.2 Å². The Hall–Kier alpha value is -2.73. The molecule has 1 aliphatic rings. The first kappa shape index (κ1) is 16.7. The van der Waals surface area contributed by atoms with E-state index in [9.17, 15) is 9.18 Å². The Morgan fingerprint density at radius 3 is 2.81 bits per heavy atom. The van der Waals surface area contributed by atoms with Gasteiger partial charge in [-0.05, 0) is 49.2 Å².